The quantitative estimate of drug-likeness (QED) is 0.414. The van der Waals surface area contributed by atoms with E-state index in [-0.39, 0.29) is 19.6 Å². The molecule has 0 unspecified atom stereocenters. The van der Waals surface area contributed by atoms with E-state index in [9.17, 15) is 14.4 Å². The zero-order chi connectivity index (χ0) is 18.6. The van der Waals surface area contributed by atoms with E-state index < -0.39 is 29.7 Å². The number of alkyl carbamates (subject to hydrolysis) is 1. The third kappa shape index (κ3) is 12.3. The molecule has 0 aliphatic rings. The lowest BCUT2D eigenvalue weighted by Crippen LogP contribution is -2.38. The summed E-state index contributed by atoms with van der Waals surface area (Å²) in [4.78, 5) is 34.5. The highest BCUT2D eigenvalue weighted by Crippen LogP contribution is 2.08. The minimum atomic E-state index is -0.639. The standard InChI is InChI=1S/C17H27NO6/c1-6-22-14(19)10-8-9-13(11-12-15(20)23-7-2)18-16(21)24-17(3,4)5/h8,10-13H,6-7,9H2,1-5H3,(H,18,21)/b10-8+,12-11+/t13-/m0/s1. The summed E-state index contributed by atoms with van der Waals surface area (Å²) in [6.45, 7) is 9.19. The van der Waals surface area contributed by atoms with Crippen molar-refractivity contribution in [1.82, 2.24) is 5.32 Å². The summed E-state index contributed by atoms with van der Waals surface area (Å²) in [7, 11) is 0. The number of rotatable bonds is 8. The number of esters is 2. The fraction of sp³-hybridized carbons (Fsp3) is 0.588. The number of amides is 1. The summed E-state index contributed by atoms with van der Waals surface area (Å²) in [5.41, 5.74) is -0.639. The zero-order valence-electron chi connectivity index (χ0n) is 15.0. The molecule has 0 bridgehead atoms. The second-order valence-electron chi connectivity index (χ2n) is 5.75. The number of nitrogens with one attached hydrogen (secondary N) is 1. The molecule has 24 heavy (non-hydrogen) atoms. The van der Waals surface area contributed by atoms with E-state index in [0.29, 0.717) is 0 Å². The van der Waals surface area contributed by atoms with Crippen molar-refractivity contribution in [1.29, 1.82) is 0 Å². The van der Waals surface area contributed by atoms with Crippen LogP contribution in [0.5, 0.6) is 0 Å². The molecule has 7 nitrogen and oxygen atoms in total. The van der Waals surface area contributed by atoms with Crippen molar-refractivity contribution in [2.24, 2.45) is 0 Å². The SMILES string of the molecule is CCOC(=O)/C=C/C[C@@H](/C=C/C(=O)OCC)NC(=O)OC(C)(C)C. The van der Waals surface area contributed by atoms with Gasteiger partial charge in [-0.15, -0.1) is 0 Å². The Morgan fingerprint density at radius 1 is 1.00 bits per heavy atom. The minimum Gasteiger partial charge on any atom is -0.463 e. The molecule has 0 aromatic carbocycles. The first-order chi connectivity index (χ1) is 11.2. The second-order valence-corrected chi connectivity index (χ2v) is 5.75. The topological polar surface area (TPSA) is 90.9 Å². The van der Waals surface area contributed by atoms with E-state index in [1.54, 1.807) is 40.7 Å². The predicted molar refractivity (Wildman–Crippen MR) is 89.3 cm³/mol. The van der Waals surface area contributed by atoms with E-state index in [2.05, 4.69) is 5.32 Å². The van der Waals surface area contributed by atoms with Crippen LogP contribution < -0.4 is 5.32 Å². The molecule has 0 heterocycles. The highest BCUT2D eigenvalue weighted by atomic mass is 16.6. The first-order valence-corrected chi connectivity index (χ1v) is 7.85. The van der Waals surface area contributed by atoms with Gasteiger partial charge in [-0.2, -0.15) is 0 Å². The fourth-order valence-electron chi connectivity index (χ4n) is 1.53. The maximum absolute atomic E-state index is 11.8. The Bertz CT molecular complexity index is 476. The van der Waals surface area contributed by atoms with Gasteiger partial charge in [0.1, 0.15) is 5.60 Å². The molecule has 0 rings (SSSR count). The van der Waals surface area contributed by atoms with Crippen LogP contribution in [-0.4, -0.2) is 42.9 Å². The van der Waals surface area contributed by atoms with Crippen molar-refractivity contribution in [3.05, 3.63) is 24.3 Å². The summed E-state index contributed by atoms with van der Waals surface area (Å²) in [5.74, 6) is -0.981. The number of carbonyl (C=O) groups excluding carboxylic acids is 3. The van der Waals surface area contributed by atoms with Gasteiger partial charge in [0, 0.05) is 12.2 Å². The Morgan fingerprint density at radius 3 is 2.04 bits per heavy atom. The number of hydrogen-bond donors (Lipinski definition) is 1. The van der Waals surface area contributed by atoms with Crippen LogP contribution in [0.3, 0.4) is 0 Å². The largest absolute Gasteiger partial charge is 0.463 e. The first-order valence-electron chi connectivity index (χ1n) is 7.85. The van der Waals surface area contributed by atoms with Gasteiger partial charge in [0.05, 0.1) is 19.3 Å². The van der Waals surface area contributed by atoms with Gasteiger partial charge in [-0.3, -0.25) is 0 Å². The van der Waals surface area contributed by atoms with Crippen molar-refractivity contribution in [3.63, 3.8) is 0 Å². The van der Waals surface area contributed by atoms with E-state index >= 15 is 0 Å². The van der Waals surface area contributed by atoms with Crippen LogP contribution in [0.2, 0.25) is 0 Å². The monoisotopic (exact) mass is 341 g/mol. The van der Waals surface area contributed by atoms with E-state index in [1.165, 1.54) is 18.2 Å². The van der Waals surface area contributed by atoms with Gasteiger partial charge in [-0.25, -0.2) is 14.4 Å². The molecule has 0 aliphatic heterocycles. The molecule has 136 valence electrons. The summed E-state index contributed by atoms with van der Waals surface area (Å²) < 4.78 is 14.7. The summed E-state index contributed by atoms with van der Waals surface area (Å²) in [6, 6.07) is -0.532. The first kappa shape index (κ1) is 21.7. The molecule has 1 atom stereocenters. The van der Waals surface area contributed by atoms with Crippen molar-refractivity contribution >= 4 is 18.0 Å². The molecule has 0 spiro atoms. The van der Waals surface area contributed by atoms with Gasteiger partial charge in [-0.05, 0) is 41.0 Å². The maximum Gasteiger partial charge on any atom is 0.408 e. The molecular formula is C17H27NO6. The van der Waals surface area contributed by atoms with Gasteiger partial charge in [0.15, 0.2) is 0 Å². The van der Waals surface area contributed by atoms with Gasteiger partial charge in [0.25, 0.3) is 0 Å². The van der Waals surface area contributed by atoms with E-state index in [0.717, 1.165) is 0 Å². The highest BCUT2D eigenvalue weighted by Gasteiger charge is 2.18. The highest BCUT2D eigenvalue weighted by molar-refractivity contribution is 5.82. The van der Waals surface area contributed by atoms with Crippen LogP contribution in [0, 0.1) is 0 Å². The molecule has 0 aromatic heterocycles. The number of carbonyl (C=O) groups is 3. The van der Waals surface area contributed by atoms with Gasteiger partial charge in [-0.1, -0.05) is 12.2 Å². The molecule has 0 radical (unpaired) electrons. The Kier molecular flexibility index (Phi) is 10.2. The third-order valence-corrected chi connectivity index (χ3v) is 2.38. The van der Waals surface area contributed by atoms with Crippen molar-refractivity contribution < 1.29 is 28.6 Å². The van der Waals surface area contributed by atoms with Crippen molar-refractivity contribution in [3.8, 4) is 0 Å². The molecule has 0 saturated heterocycles. The number of hydrogen-bond acceptors (Lipinski definition) is 6. The lowest BCUT2D eigenvalue weighted by molar-refractivity contribution is -0.138. The predicted octanol–water partition coefficient (Wildman–Crippen LogP) is 2.51. The van der Waals surface area contributed by atoms with Crippen LogP contribution in [0.4, 0.5) is 4.79 Å². The molecule has 1 amide bonds. The zero-order valence-corrected chi connectivity index (χ0v) is 15.0. The molecule has 1 N–H and O–H groups in total. The van der Waals surface area contributed by atoms with Crippen LogP contribution in [-0.2, 0) is 23.8 Å². The van der Waals surface area contributed by atoms with Crippen molar-refractivity contribution in [2.75, 3.05) is 13.2 Å². The van der Waals surface area contributed by atoms with Gasteiger partial charge >= 0.3 is 18.0 Å². The molecule has 0 aromatic rings. The van der Waals surface area contributed by atoms with Crippen LogP contribution in [0.15, 0.2) is 24.3 Å². The fourth-order valence-corrected chi connectivity index (χ4v) is 1.53. The lowest BCUT2D eigenvalue weighted by Gasteiger charge is -2.21. The average Bonchev–Trinajstić information content (AvgIpc) is 2.43. The lowest BCUT2D eigenvalue weighted by atomic mass is 10.1. The van der Waals surface area contributed by atoms with Crippen molar-refractivity contribution in [2.45, 2.75) is 52.7 Å². The second kappa shape index (κ2) is 11.3. The van der Waals surface area contributed by atoms with Crippen LogP contribution >= 0.6 is 0 Å². The Morgan fingerprint density at radius 2 is 1.54 bits per heavy atom. The third-order valence-electron chi connectivity index (χ3n) is 2.38. The molecule has 0 aliphatic carbocycles. The van der Waals surface area contributed by atoms with Crippen LogP contribution in [0.1, 0.15) is 41.0 Å². The Labute approximate surface area is 143 Å². The normalized spacial score (nSPS) is 12.9. The average molecular weight is 341 g/mol. The maximum atomic E-state index is 11.8. The molecular weight excluding hydrogens is 314 g/mol. The number of ether oxygens (including phenoxy) is 3. The molecule has 0 saturated carbocycles. The van der Waals surface area contributed by atoms with E-state index in [4.69, 9.17) is 14.2 Å². The summed E-state index contributed by atoms with van der Waals surface area (Å²) >= 11 is 0. The van der Waals surface area contributed by atoms with E-state index in [1.807, 2.05) is 0 Å². The Balaban J connectivity index is 4.79. The minimum absolute atomic E-state index is 0.260. The molecule has 0 fully saturated rings. The summed E-state index contributed by atoms with van der Waals surface area (Å²) in [6.07, 6.45) is 5.20. The van der Waals surface area contributed by atoms with Gasteiger partial charge in [0.2, 0.25) is 0 Å². The van der Waals surface area contributed by atoms with Crippen LogP contribution in [0.25, 0.3) is 0 Å². The Hall–Kier alpha value is -2.31. The molecule has 7 heteroatoms. The van der Waals surface area contributed by atoms with Gasteiger partial charge < -0.3 is 19.5 Å². The summed E-state index contributed by atoms with van der Waals surface area (Å²) in [5, 5.41) is 2.62. The smallest absolute Gasteiger partial charge is 0.408 e.